The summed E-state index contributed by atoms with van der Waals surface area (Å²) in [5, 5.41) is 10.0. The molecule has 2 rings (SSSR count). The largest absolute Gasteiger partial charge is 0.478 e. The molecule has 0 amide bonds. The van der Waals surface area contributed by atoms with Crippen LogP contribution in [0.2, 0.25) is 10.0 Å². The molecule has 0 spiro atoms. The van der Waals surface area contributed by atoms with E-state index in [0.717, 1.165) is 5.56 Å². The molecule has 3 nitrogen and oxygen atoms in total. The van der Waals surface area contributed by atoms with E-state index < -0.39 is 5.97 Å². The van der Waals surface area contributed by atoms with Gasteiger partial charge in [0.15, 0.2) is 0 Å². The van der Waals surface area contributed by atoms with Crippen molar-refractivity contribution in [3.8, 4) is 11.5 Å². The molecule has 2 aromatic rings. The predicted octanol–water partition coefficient (Wildman–Crippen LogP) is 4.79. The molecule has 0 aliphatic rings. The lowest BCUT2D eigenvalue weighted by molar-refractivity contribution is 0.0694. The smallest absolute Gasteiger partial charge is 0.339 e. The van der Waals surface area contributed by atoms with Gasteiger partial charge in [0.1, 0.15) is 17.1 Å². The van der Waals surface area contributed by atoms with Crippen molar-refractivity contribution in [2.45, 2.75) is 6.92 Å². The third-order valence-electron chi connectivity index (χ3n) is 2.54. The Hall–Kier alpha value is -1.71. The van der Waals surface area contributed by atoms with E-state index in [9.17, 15) is 4.79 Å². The number of rotatable bonds is 3. The summed E-state index contributed by atoms with van der Waals surface area (Å²) in [5.74, 6) is -0.394. The van der Waals surface area contributed by atoms with Crippen LogP contribution in [0.3, 0.4) is 0 Å². The summed E-state index contributed by atoms with van der Waals surface area (Å²) in [6, 6.07) is 9.53. The van der Waals surface area contributed by atoms with E-state index in [1.807, 2.05) is 6.92 Å². The Morgan fingerprint density at radius 2 is 1.63 bits per heavy atom. The molecule has 0 radical (unpaired) electrons. The SMILES string of the molecule is Cc1ccc(Cl)cc1Oc1cc(Cl)ccc1C(=O)O. The van der Waals surface area contributed by atoms with E-state index >= 15 is 0 Å². The maximum Gasteiger partial charge on any atom is 0.339 e. The van der Waals surface area contributed by atoms with Crippen molar-refractivity contribution in [2.24, 2.45) is 0 Å². The van der Waals surface area contributed by atoms with Gasteiger partial charge in [-0.1, -0.05) is 29.3 Å². The molecule has 0 aliphatic heterocycles. The van der Waals surface area contributed by atoms with Crippen LogP contribution in [0.4, 0.5) is 0 Å². The first kappa shape index (κ1) is 13.7. The van der Waals surface area contributed by atoms with Crippen molar-refractivity contribution in [3.05, 3.63) is 57.6 Å². The zero-order valence-corrected chi connectivity index (χ0v) is 11.5. The standard InChI is InChI=1S/C14H10Cl2O3/c1-8-2-3-9(15)6-12(8)19-13-7-10(16)4-5-11(13)14(17)18/h2-7H,1H3,(H,17,18). The zero-order chi connectivity index (χ0) is 14.0. The fourth-order valence-electron chi connectivity index (χ4n) is 1.56. The molecule has 98 valence electrons. The molecule has 0 atom stereocenters. The van der Waals surface area contributed by atoms with Gasteiger partial charge in [-0.05, 0) is 36.8 Å². The molecule has 0 unspecified atom stereocenters. The number of aryl methyl sites for hydroxylation is 1. The number of carboxylic acid groups (broad SMARTS) is 1. The fourth-order valence-corrected chi connectivity index (χ4v) is 1.88. The van der Waals surface area contributed by atoms with Crippen molar-refractivity contribution >= 4 is 29.2 Å². The lowest BCUT2D eigenvalue weighted by Crippen LogP contribution is -2.00. The maximum absolute atomic E-state index is 11.1. The average Bonchev–Trinajstić information content (AvgIpc) is 2.33. The highest BCUT2D eigenvalue weighted by Crippen LogP contribution is 2.31. The summed E-state index contributed by atoms with van der Waals surface area (Å²) in [7, 11) is 0. The summed E-state index contributed by atoms with van der Waals surface area (Å²) in [5.41, 5.74) is 0.893. The van der Waals surface area contributed by atoms with Crippen LogP contribution in [0.1, 0.15) is 15.9 Å². The Bertz CT molecular complexity index is 639. The minimum Gasteiger partial charge on any atom is -0.478 e. The number of ether oxygens (including phenoxy) is 1. The zero-order valence-electron chi connectivity index (χ0n) is 9.98. The monoisotopic (exact) mass is 296 g/mol. The third kappa shape index (κ3) is 3.19. The Kier molecular flexibility index (Phi) is 3.98. The van der Waals surface area contributed by atoms with Gasteiger partial charge in [-0.2, -0.15) is 0 Å². The average molecular weight is 297 g/mol. The first-order valence-electron chi connectivity index (χ1n) is 5.44. The van der Waals surface area contributed by atoms with Gasteiger partial charge in [0, 0.05) is 16.1 Å². The van der Waals surface area contributed by atoms with Crippen molar-refractivity contribution in [1.82, 2.24) is 0 Å². The minimum atomic E-state index is -1.08. The number of aromatic carboxylic acids is 1. The van der Waals surface area contributed by atoms with Crippen LogP contribution >= 0.6 is 23.2 Å². The summed E-state index contributed by atoms with van der Waals surface area (Å²) in [6.45, 7) is 1.84. The molecule has 0 bridgehead atoms. The quantitative estimate of drug-likeness (QED) is 0.885. The van der Waals surface area contributed by atoms with E-state index in [4.69, 9.17) is 33.0 Å². The summed E-state index contributed by atoms with van der Waals surface area (Å²) >= 11 is 11.8. The molecular weight excluding hydrogens is 287 g/mol. The molecule has 0 saturated heterocycles. The van der Waals surface area contributed by atoms with Crippen LogP contribution in [0.15, 0.2) is 36.4 Å². The highest BCUT2D eigenvalue weighted by molar-refractivity contribution is 6.31. The van der Waals surface area contributed by atoms with Gasteiger partial charge in [0.25, 0.3) is 0 Å². The third-order valence-corrected chi connectivity index (χ3v) is 3.01. The van der Waals surface area contributed by atoms with Crippen molar-refractivity contribution in [3.63, 3.8) is 0 Å². The maximum atomic E-state index is 11.1. The molecule has 1 N–H and O–H groups in total. The first-order valence-corrected chi connectivity index (χ1v) is 6.20. The van der Waals surface area contributed by atoms with Crippen LogP contribution in [-0.2, 0) is 0 Å². The molecule has 0 saturated carbocycles. The summed E-state index contributed by atoms with van der Waals surface area (Å²) in [4.78, 5) is 11.1. The van der Waals surface area contributed by atoms with E-state index in [1.165, 1.54) is 18.2 Å². The molecule has 5 heteroatoms. The number of hydrogen-bond donors (Lipinski definition) is 1. The van der Waals surface area contributed by atoms with E-state index in [2.05, 4.69) is 0 Å². The highest BCUT2D eigenvalue weighted by Gasteiger charge is 2.13. The topological polar surface area (TPSA) is 46.5 Å². The Morgan fingerprint density at radius 3 is 2.26 bits per heavy atom. The van der Waals surface area contributed by atoms with Crippen LogP contribution in [-0.4, -0.2) is 11.1 Å². The minimum absolute atomic E-state index is 0.0452. The van der Waals surface area contributed by atoms with Crippen molar-refractivity contribution < 1.29 is 14.6 Å². The van der Waals surface area contributed by atoms with Gasteiger partial charge in [-0.3, -0.25) is 0 Å². The Labute approximate surface area is 120 Å². The molecule has 2 aromatic carbocycles. The number of carbonyl (C=O) groups is 1. The van der Waals surface area contributed by atoms with Crippen LogP contribution in [0.25, 0.3) is 0 Å². The fraction of sp³-hybridized carbons (Fsp3) is 0.0714. The number of hydrogen-bond acceptors (Lipinski definition) is 2. The summed E-state index contributed by atoms with van der Waals surface area (Å²) < 4.78 is 5.61. The van der Waals surface area contributed by atoms with Gasteiger partial charge < -0.3 is 9.84 Å². The van der Waals surface area contributed by atoms with E-state index in [-0.39, 0.29) is 11.3 Å². The lowest BCUT2D eigenvalue weighted by atomic mass is 10.2. The van der Waals surface area contributed by atoms with Crippen molar-refractivity contribution in [1.29, 1.82) is 0 Å². The first-order chi connectivity index (χ1) is 8.97. The highest BCUT2D eigenvalue weighted by atomic mass is 35.5. The lowest BCUT2D eigenvalue weighted by Gasteiger charge is -2.11. The molecule has 0 aromatic heterocycles. The van der Waals surface area contributed by atoms with Gasteiger partial charge in [0.2, 0.25) is 0 Å². The van der Waals surface area contributed by atoms with Gasteiger partial charge >= 0.3 is 5.97 Å². The van der Waals surface area contributed by atoms with E-state index in [1.54, 1.807) is 18.2 Å². The molecule has 0 aliphatic carbocycles. The second-order valence-electron chi connectivity index (χ2n) is 3.96. The molecule has 19 heavy (non-hydrogen) atoms. The second kappa shape index (κ2) is 5.51. The predicted molar refractivity (Wildman–Crippen MR) is 74.7 cm³/mol. The van der Waals surface area contributed by atoms with Gasteiger partial charge in [-0.25, -0.2) is 4.79 Å². The Morgan fingerprint density at radius 1 is 1.05 bits per heavy atom. The van der Waals surface area contributed by atoms with Crippen LogP contribution in [0, 0.1) is 6.92 Å². The Balaban J connectivity index is 2.45. The molecular formula is C14H10Cl2O3. The number of benzene rings is 2. The molecule has 0 heterocycles. The van der Waals surface area contributed by atoms with E-state index in [0.29, 0.717) is 15.8 Å². The van der Waals surface area contributed by atoms with Crippen LogP contribution in [0.5, 0.6) is 11.5 Å². The number of halogens is 2. The normalized spacial score (nSPS) is 10.3. The van der Waals surface area contributed by atoms with Crippen LogP contribution < -0.4 is 4.74 Å². The van der Waals surface area contributed by atoms with Gasteiger partial charge in [-0.15, -0.1) is 0 Å². The van der Waals surface area contributed by atoms with Crippen molar-refractivity contribution in [2.75, 3.05) is 0 Å². The second-order valence-corrected chi connectivity index (χ2v) is 4.83. The summed E-state index contributed by atoms with van der Waals surface area (Å²) in [6.07, 6.45) is 0. The number of carboxylic acids is 1. The molecule has 0 fully saturated rings. The van der Waals surface area contributed by atoms with Gasteiger partial charge in [0.05, 0.1) is 0 Å².